The lowest BCUT2D eigenvalue weighted by Crippen LogP contribution is -2.58. The molecule has 6 nitrogen and oxygen atoms in total. The van der Waals surface area contributed by atoms with Gasteiger partial charge in [-0.1, -0.05) is 74.0 Å². The topological polar surface area (TPSA) is 75.4 Å². The monoisotopic (exact) mass is 651 g/mol. The number of nitrogens with zero attached hydrogens (tertiary/aromatic N) is 2. The SMILES string of the molecule is CC[C@H]1CN2CC[C@H]1C[C@H]2[C@@H](NC(=S)Nc1ccc2ccccc2c1-c1c(N)ccc2ccccc12)c1ccnc2ccc(OC)cc12. The zero-order chi connectivity index (χ0) is 32.8. The highest BCUT2D eigenvalue weighted by Crippen LogP contribution is 2.45. The van der Waals surface area contributed by atoms with Gasteiger partial charge in [-0.25, -0.2) is 0 Å². The number of hydrogen-bond acceptors (Lipinski definition) is 5. The zero-order valence-electron chi connectivity index (χ0n) is 27.4. The molecule has 3 aliphatic rings. The minimum absolute atomic E-state index is 0.0465. The quantitative estimate of drug-likeness (QED) is 0.118. The maximum atomic E-state index is 6.80. The van der Waals surface area contributed by atoms with Gasteiger partial charge < -0.3 is 21.1 Å². The van der Waals surface area contributed by atoms with E-state index in [1.165, 1.54) is 18.4 Å². The van der Waals surface area contributed by atoms with Crippen molar-refractivity contribution in [3.63, 3.8) is 0 Å². The number of nitrogen functional groups attached to an aromatic ring is 1. The zero-order valence-corrected chi connectivity index (χ0v) is 28.3. The fourth-order valence-electron chi connectivity index (χ4n) is 8.43. The Morgan fingerprint density at radius 2 is 1.69 bits per heavy atom. The van der Waals surface area contributed by atoms with Crippen molar-refractivity contribution in [1.82, 2.24) is 15.2 Å². The van der Waals surface area contributed by atoms with Crippen LogP contribution in [0.4, 0.5) is 11.4 Å². The van der Waals surface area contributed by atoms with Crippen molar-refractivity contribution in [3.05, 3.63) is 109 Å². The summed E-state index contributed by atoms with van der Waals surface area (Å²) in [7, 11) is 1.71. The highest BCUT2D eigenvalue weighted by atomic mass is 32.1. The Hall–Kier alpha value is -4.72. The van der Waals surface area contributed by atoms with Crippen molar-refractivity contribution in [2.45, 2.75) is 38.3 Å². The van der Waals surface area contributed by atoms with Crippen LogP contribution in [0.2, 0.25) is 0 Å². The molecule has 0 radical (unpaired) electrons. The van der Waals surface area contributed by atoms with Crippen LogP contribution < -0.4 is 21.1 Å². The van der Waals surface area contributed by atoms with Crippen LogP contribution in [0.3, 0.4) is 0 Å². The summed E-state index contributed by atoms with van der Waals surface area (Å²) in [5.74, 6) is 2.29. The average molecular weight is 652 g/mol. The first-order valence-electron chi connectivity index (χ1n) is 17.1. The van der Waals surface area contributed by atoms with E-state index in [0.717, 1.165) is 92.0 Å². The molecule has 1 unspecified atom stereocenters. The Labute approximate surface area is 287 Å². The molecule has 0 saturated carbocycles. The number of pyridine rings is 1. The van der Waals surface area contributed by atoms with Crippen LogP contribution in [-0.2, 0) is 0 Å². The summed E-state index contributed by atoms with van der Waals surface area (Å²) in [6.45, 7) is 4.58. The molecule has 7 heteroatoms. The van der Waals surface area contributed by atoms with Gasteiger partial charge in [-0.15, -0.1) is 0 Å². The Bertz CT molecular complexity index is 2170. The summed E-state index contributed by atoms with van der Waals surface area (Å²) in [4.78, 5) is 7.41. The Morgan fingerprint density at radius 3 is 2.42 bits per heavy atom. The number of piperidine rings is 3. The summed E-state index contributed by atoms with van der Waals surface area (Å²) >= 11 is 6.23. The van der Waals surface area contributed by atoms with Gasteiger partial charge in [-0.05, 0) is 107 Å². The van der Waals surface area contributed by atoms with E-state index in [9.17, 15) is 0 Å². The van der Waals surface area contributed by atoms with Crippen molar-refractivity contribution >= 4 is 61.2 Å². The molecule has 6 aromatic rings. The first kappa shape index (κ1) is 30.6. The number of aromatic nitrogens is 1. The van der Waals surface area contributed by atoms with E-state index < -0.39 is 0 Å². The molecule has 48 heavy (non-hydrogen) atoms. The van der Waals surface area contributed by atoms with Gasteiger partial charge in [-0.3, -0.25) is 9.88 Å². The molecule has 1 aromatic heterocycles. The molecule has 3 aliphatic heterocycles. The standard InChI is InChI=1S/C41H41N5OS/c1-3-25-24-46-21-19-28(25)22-37(46)40(32-18-20-43-35-17-14-29(47-2)23-33(32)35)45-41(48)44-36-16-13-27-9-5-7-11-31(27)39(36)38-30-10-6-4-8-26(30)12-15-34(38)42/h4-18,20,23,25,28,37,40H,3,19,21-22,24,42H2,1-2H3,(H2,44,45,48)/t25-,28-,37-,40-/m0/s1. The van der Waals surface area contributed by atoms with E-state index in [1.54, 1.807) is 7.11 Å². The number of nitrogens with one attached hydrogen (secondary N) is 2. The smallest absolute Gasteiger partial charge is 0.171 e. The second-order valence-electron chi connectivity index (χ2n) is 13.3. The molecule has 5 atom stereocenters. The number of nitrogens with two attached hydrogens (primary N) is 1. The predicted molar refractivity (Wildman–Crippen MR) is 204 cm³/mol. The maximum absolute atomic E-state index is 6.80. The van der Waals surface area contributed by atoms with E-state index in [-0.39, 0.29) is 6.04 Å². The maximum Gasteiger partial charge on any atom is 0.171 e. The van der Waals surface area contributed by atoms with Gasteiger partial charge in [0, 0.05) is 46.7 Å². The average Bonchev–Trinajstić information content (AvgIpc) is 3.13. The summed E-state index contributed by atoms with van der Waals surface area (Å²) in [6.07, 6.45) is 5.55. The fourth-order valence-corrected chi connectivity index (χ4v) is 8.66. The molecule has 4 heterocycles. The van der Waals surface area contributed by atoms with Gasteiger partial charge in [0.05, 0.1) is 18.7 Å². The molecule has 0 amide bonds. The Balaban J connectivity index is 1.22. The Kier molecular flexibility index (Phi) is 8.11. The van der Waals surface area contributed by atoms with Gasteiger partial charge in [0.25, 0.3) is 0 Å². The third-order valence-electron chi connectivity index (χ3n) is 10.8. The highest BCUT2D eigenvalue weighted by molar-refractivity contribution is 7.80. The molecular weight excluding hydrogens is 611 g/mol. The summed E-state index contributed by atoms with van der Waals surface area (Å²) in [6, 6.07) is 33.8. The molecule has 0 spiro atoms. The highest BCUT2D eigenvalue weighted by Gasteiger charge is 2.43. The Morgan fingerprint density at radius 1 is 0.938 bits per heavy atom. The van der Waals surface area contributed by atoms with Crippen LogP contribution in [0.1, 0.15) is 37.8 Å². The van der Waals surface area contributed by atoms with Crippen molar-refractivity contribution in [2.24, 2.45) is 11.8 Å². The van der Waals surface area contributed by atoms with E-state index in [1.807, 2.05) is 24.4 Å². The van der Waals surface area contributed by atoms with Crippen LogP contribution in [-0.4, -0.2) is 41.2 Å². The molecule has 242 valence electrons. The van der Waals surface area contributed by atoms with Crippen molar-refractivity contribution in [1.29, 1.82) is 0 Å². The molecule has 2 bridgehead atoms. The van der Waals surface area contributed by atoms with E-state index in [0.29, 0.717) is 11.2 Å². The summed E-state index contributed by atoms with van der Waals surface area (Å²) < 4.78 is 5.66. The number of benzene rings is 5. The third-order valence-corrected chi connectivity index (χ3v) is 11.1. The number of ether oxygens (including phenoxy) is 1. The molecule has 3 saturated heterocycles. The van der Waals surface area contributed by atoms with Crippen molar-refractivity contribution in [3.8, 4) is 16.9 Å². The molecular formula is C41H41N5OS. The number of anilines is 2. The van der Waals surface area contributed by atoms with Crippen LogP contribution in [0.15, 0.2) is 103 Å². The van der Waals surface area contributed by atoms with Crippen LogP contribution in [0.5, 0.6) is 5.75 Å². The van der Waals surface area contributed by atoms with Crippen LogP contribution in [0.25, 0.3) is 43.6 Å². The van der Waals surface area contributed by atoms with Crippen molar-refractivity contribution < 1.29 is 4.74 Å². The second-order valence-corrected chi connectivity index (χ2v) is 13.7. The van der Waals surface area contributed by atoms with Gasteiger partial charge >= 0.3 is 0 Å². The lowest BCUT2D eigenvalue weighted by atomic mass is 9.72. The first-order valence-corrected chi connectivity index (χ1v) is 17.5. The number of rotatable bonds is 7. The minimum atomic E-state index is -0.0465. The second kappa shape index (κ2) is 12.7. The number of fused-ring (bicyclic) bond motifs is 6. The third kappa shape index (κ3) is 5.41. The van der Waals surface area contributed by atoms with E-state index >= 15 is 0 Å². The number of methoxy groups -OCH3 is 1. The van der Waals surface area contributed by atoms with Gasteiger partial charge in [0.1, 0.15) is 5.75 Å². The number of hydrogen-bond donors (Lipinski definition) is 3. The van der Waals surface area contributed by atoms with Crippen LogP contribution in [0, 0.1) is 11.8 Å². The summed E-state index contributed by atoms with van der Waals surface area (Å²) in [5, 5.41) is 13.7. The summed E-state index contributed by atoms with van der Waals surface area (Å²) in [5.41, 5.74) is 12.7. The molecule has 4 N–H and O–H groups in total. The molecule has 0 aliphatic carbocycles. The largest absolute Gasteiger partial charge is 0.497 e. The van der Waals surface area contributed by atoms with Gasteiger partial charge in [0.2, 0.25) is 0 Å². The minimum Gasteiger partial charge on any atom is -0.497 e. The van der Waals surface area contributed by atoms with E-state index in [4.69, 9.17) is 27.7 Å². The van der Waals surface area contributed by atoms with Gasteiger partial charge in [0.15, 0.2) is 5.11 Å². The fraction of sp³-hybridized carbons (Fsp3) is 0.268. The van der Waals surface area contributed by atoms with Crippen LogP contribution >= 0.6 is 12.2 Å². The van der Waals surface area contributed by atoms with Crippen molar-refractivity contribution in [2.75, 3.05) is 31.2 Å². The number of thiocarbonyl (C=S) groups is 1. The molecule has 9 rings (SSSR count). The molecule has 3 fully saturated rings. The normalized spacial score (nSPS) is 21.0. The molecule has 5 aromatic carbocycles. The lowest BCUT2D eigenvalue weighted by Gasteiger charge is -2.52. The lowest BCUT2D eigenvalue weighted by molar-refractivity contribution is -0.0132. The predicted octanol–water partition coefficient (Wildman–Crippen LogP) is 8.95. The van der Waals surface area contributed by atoms with E-state index in [2.05, 4.69) is 101 Å². The first-order chi connectivity index (χ1) is 23.5. The van der Waals surface area contributed by atoms with Gasteiger partial charge in [-0.2, -0.15) is 0 Å².